The van der Waals surface area contributed by atoms with Gasteiger partial charge in [0.15, 0.2) is 0 Å². The average molecular weight is 292 g/mol. The molecule has 1 rings (SSSR count). The van der Waals surface area contributed by atoms with Crippen molar-refractivity contribution in [2.45, 2.75) is 6.18 Å². The molecule has 0 atom stereocenters. The SMILES string of the molecule is COc1cccc(N)c1C(=O)NCCOCC(F)(F)F. The summed E-state index contributed by atoms with van der Waals surface area (Å²) >= 11 is 0. The zero-order valence-corrected chi connectivity index (χ0v) is 10.8. The molecule has 5 nitrogen and oxygen atoms in total. The second kappa shape index (κ2) is 6.99. The van der Waals surface area contributed by atoms with Gasteiger partial charge in [0.1, 0.15) is 17.9 Å². The Bertz CT molecular complexity index is 464. The van der Waals surface area contributed by atoms with Crippen molar-refractivity contribution in [3.63, 3.8) is 0 Å². The summed E-state index contributed by atoms with van der Waals surface area (Å²) in [5.74, 6) is -0.241. The Morgan fingerprint density at radius 2 is 2.10 bits per heavy atom. The number of rotatable bonds is 6. The number of benzene rings is 1. The van der Waals surface area contributed by atoms with Gasteiger partial charge in [-0.2, -0.15) is 13.2 Å². The van der Waals surface area contributed by atoms with E-state index in [1.165, 1.54) is 13.2 Å². The molecule has 0 heterocycles. The number of carbonyl (C=O) groups excluding carboxylic acids is 1. The molecule has 0 aliphatic heterocycles. The first kappa shape index (κ1) is 16.1. The first-order valence-corrected chi connectivity index (χ1v) is 5.70. The smallest absolute Gasteiger partial charge is 0.411 e. The first-order valence-electron chi connectivity index (χ1n) is 5.70. The van der Waals surface area contributed by atoms with Crippen LogP contribution in [0.3, 0.4) is 0 Å². The third kappa shape index (κ3) is 4.96. The van der Waals surface area contributed by atoms with Gasteiger partial charge in [-0.1, -0.05) is 6.07 Å². The van der Waals surface area contributed by atoms with E-state index in [0.717, 1.165) is 0 Å². The summed E-state index contributed by atoms with van der Waals surface area (Å²) in [6, 6.07) is 4.71. The first-order chi connectivity index (χ1) is 9.35. The van der Waals surface area contributed by atoms with Gasteiger partial charge in [0.2, 0.25) is 0 Å². The lowest BCUT2D eigenvalue weighted by Gasteiger charge is -2.12. The molecular weight excluding hydrogens is 277 g/mol. The van der Waals surface area contributed by atoms with E-state index in [1.807, 2.05) is 0 Å². The standard InChI is InChI=1S/C12H15F3N2O3/c1-19-9-4-2-3-8(16)10(9)11(18)17-5-6-20-7-12(13,14)15/h2-4H,5-7,16H2,1H3,(H,17,18). The van der Waals surface area contributed by atoms with Crippen molar-refractivity contribution in [3.05, 3.63) is 23.8 Å². The highest BCUT2D eigenvalue weighted by molar-refractivity contribution is 6.01. The molecule has 0 saturated heterocycles. The largest absolute Gasteiger partial charge is 0.496 e. The zero-order chi connectivity index (χ0) is 15.2. The van der Waals surface area contributed by atoms with E-state index >= 15 is 0 Å². The summed E-state index contributed by atoms with van der Waals surface area (Å²) in [5.41, 5.74) is 6.03. The maximum atomic E-state index is 11.9. The van der Waals surface area contributed by atoms with Crippen molar-refractivity contribution in [2.24, 2.45) is 0 Å². The molecule has 0 saturated carbocycles. The van der Waals surface area contributed by atoms with Crippen LogP contribution in [0.15, 0.2) is 18.2 Å². The number of alkyl halides is 3. The molecule has 0 aliphatic rings. The number of halogens is 3. The highest BCUT2D eigenvalue weighted by Crippen LogP contribution is 2.23. The lowest BCUT2D eigenvalue weighted by Crippen LogP contribution is -2.29. The van der Waals surface area contributed by atoms with E-state index in [1.54, 1.807) is 12.1 Å². The van der Waals surface area contributed by atoms with E-state index < -0.39 is 18.7 Å². The monoisotopic (exact) mass is 292 g/mol. The zero-order valence-electron chi connectivity index (χ0n) is 10.8. The molecule has 1 aromatic carbocycles. The quantitative estimate of drug-likeness (QED) is 0.617. The maximum Gasteiger partial charge on any atom is 0.411 e. The van der Waals surface area contributed by atoms with Crippen LogP contribution < -0.4 is 15.8 Å². The molecule has 1 amide bonds. The molecule has 0 aliphatic carbocycles. The number of nitrogen functional groups attached to an aromatic ring is 1. The summed E-state index contributed by atoms with van der Waals surface area (Å²) in [6.45, 7) is -1.66. The Balaban J connectivity index is 2.48. The topological polar surface area (TPSA) is 73.6 Å². The fraction of sp³-hybridized carbons (Fsp3) is 0.417. The molecule has 0 spiro atoms. The van der Waals surface area contributed by atoms with Crippen molar-refractivity contribution in [2.75, 3.05) is 32.6 Å². The Morgan fingerprint density at radius 1 is 1.40 bits per heavy atom. The van der Waals surface area contributed by atoms with Crippen LogP contribution in [0.25, 0.3) is 0 Å². The summed E-state index contributed by atoms with van der Waals surface area (Å²) in [5, 5.41) is 2.41. The second-order valence-corrected chi connectivity index (χ2v) is 3.85. The van der Waals surface area contributed by atoms with Gasteiger partial charge in [-0.3, -0.25) is 4.79 Å². The molecule has 0 radical (unpaired) electrons. The van der Waals surface area contributed by atoms with Crippen LogP contribution in [-0.4, -0.2) is 39.0 Å². The molecule has 3 N–H and O–H groups in total. The summed E-state index contributed by atoms with van der Waals surface area (Å²) in [4.78, 5) is 11.9. The van der Waals surface area contributed by atoms with E-state index in [4.69, 9.17) is 10.5 Å². The number of hydrogen-bond donors (Lipinski definition) is 2. The van der Waals surface area contributed by atoms with Gasteiger partial charge in [-0.25, -0.2) is 0 Å². The second-order valence-electron chi connectivity index (χ2n) is 3.85. The fourth-order valence-corrected chi connectivity index (χ4v) is 1.47. The Hall–Kier alpha value is -1.96. The fourth-order valence-electron chi connectivity index (χ4n) is 1.47. The number of carbonyl (C=O) groups is 1. The number of methoxy groups -OCH3 is 1. The van der Waals surface area contributed by atoms with Gasteiger partial charge in [0, 0.05) is 12.2 Å². The van der Waals surface area contributed by atoms with Crippen molar-refractivity contribution >= 4 is 11.6 Å². The van der Waals surface area contributed by atoms with E-state index in [-0.39, 0.29) is 24.4 Å². The summed E-state index contributed by atoms with van der Waals surface area (Å²) in [7, 11) is 1.39. The Morgan fingerprint density at radius 3 is 2.70 bits per heavy atom. The molecule has 0 aromatic heterocycles. The lowest BCUT2D eigenvalue weighted by molar-refractivity contribution is -0.173. The number of nitrogens with one attached hydrogen (secondary N) is 1. The van der Waals surface area contributed by atoms with E-state index in [0.29, 0.717) is 5.75 Å². The van der Waals surface area contributed by atoms with Gasteiger partial charge in [0.05, 0.1) is 13.7 Å². The van der Waals surface area contributed by atoms with Crippen LogP contribution >= 0.6 is 0 Å². The number of nitrogens with two attached hydrogens (primary N) is 1. The Labute approximate surface area is 113 Å². The number of anilines is 1. The third-order valence-corrected chi connectivity index (χ3v) is 2.30. The lowest BCUT2D eigenvalue weighted by atomic mass is 10.1. The summed E-state index contributed by atoms with van der Waals surface area (Å²) in [6.07, 6.45) is -4.38. The van der Waals surface area contributed by atoms with Crippen molar-refractivity contribution in [1.29, 1.82) is 0 Å². The number of hydrogen-bond acceptors (Lipinski definition) is 4. The molecule has 0 bridgehead atoms. The summed E-state index contributed by atoms with van der Waals surface area (Å²) < 4.78 is 44.8. The molecule has 112 valence electrons. The minimum Gasteiger partial charge on any atom is -0.496 e. The number of amides is 1. The van der Waals surface area contributed by atoms with Gasteiger partial charge >= 0.3 is 6.18 Å². The average Bonchev–Trinajstić information content (AvgIpc) is 2.36. The third-order valence-electron chi connectivity index (χ3n) is 2.30. The van der Waals surface area contributed by atoms with Crippen LogP contribution in [0.1, 0.15) is 10.4 Å². The van der Waals surface area contributed by atoms with Crippen LogP contribution in [0.4, 0.5) is 18.9 Å². The molecule has 0 unspecified atom stereocenters. The normalized spacial score (nSPS) is 11.2. The van der Waals surface area contributed by atoms with Crippen LogP contribution in [0.2, 0.25) is 0 Å². The van der Waals surface area contributed by atoms with Crippen LogP contribution in [0, 0.1) is 0 Å². The molecule has 1 aromatic rings. The highest BCUT2D eigenvalue weighted by atomic mass is 19.4. The molecular formula is C12H15F3N2O3. The van der Waals surface area contributed by atoms with Crippen LogP contribution in [-0.2, 0) is 4.74 Å². The van der Waals surface area contributed by atoms with Gasteiger partial charge in [-0.05, 0) is 12.1 Å². The van der Waals surface area contributed by atoms with Gasteiger partial charge in [-0.15, -0.1) is 0 Å². The minimum absolute atomic E-state index is 0.0631. The van der Waals surface area contributed by atoms with Crippen molar-refractivity contribution in [1.82, 2.24) is 5.32 Å². The van der Waals surface area contributed by atoms with Gasteiger partial charge < -0.3 is 20.5 Å². The molecule has 20 heavy (non-hydrogen) atoms. The minimum atomic E-state index is -4.38. The molecule has 8 heteroatoms. The van der Waals surface area contributed by atoms with E-state index in [9.17, 15) is 18.0 Å². The predicted molar refractivity (Wildman–Crippen MR) is 66.6 cm³/mol. The maximum absolute atomic E-state index is 11.9. The molecule has 0 fully saturated rings. The van der Waals surface area contributed by atoms with Crippen molar-refractivity contribution in [3.8, 4) is 5.75 Å². The Kier molecular flexibility index (Phi) is 5.63. The number of ether oxygens (including phenoxy) is 2. The highest BCUT2D eigenvalue weighted by Gasteiger charge is 2.27. The van der Waals surface area contributed by atoms with Crippen LogP contribution in [0.5, 0.6) is 5.75 Å². The van der Waals surface area contributed by atoms with Gasteiger partial charge in [0.25, 0.3) is 5.91 Å². The van der Waals surface area contributed by atoms with Crippen molar-refractivity contribution < 1.29 is 27.4 Å². The van der Waals surface area contributed by atoms with E-state index in [2.05, 4.69) is 10.1 Å². The predicted octanol–water partition coefficient (Wildman–Crippen LogP) is 1.59.